The van der Waals surface area contributed by atoms with Gasteiger partial charge in [0.2, 0.25) is 0 Å². The lowest BCUT2D eigenvalue weighted by Gasteiger charge is -2.01. The van der Waals surface area contributed by atoms with Gasteiger partial charge in [0, 0.05) is 21.4 Å². The van der Waals surface area contributed by atoms with Gasteiger partial charge in [0.05, 0.1) is 38.0 Å². The molecule has 1 N–H and O–H groups in total. The Morgan fingerprint density at radius 2 is 2.14 bits per heavy atom. The van der Waals surface area contributed by atoms with Gasteiger partial charge >= 0.3 is 0 Å². The maximum atomic E-state index is 12.6. The van der Waals surface area contributed by atoms with Crippen LogP contribution >= 0.6 is 27.3 Å². The molecule has 110 valence electrons. The fourth-order valence-corrected chi connectivity index (χ4v) is 5.09. The highest BCUT2D eigenvalue weighted by Gasteiger charge is 2.14. The molecule has 1 aromatic carbocycles. The Hall–Kier alpha value is -1.57. The van der Waals surface area contributed by atoms with Crippen LogP contribution < -0.4 is 0 Å². The van der Waals surface area contributed by atoms with Crippen LogP contribution in [0.1, 0.15) is 5.69 Å². The van der Waals surface area contributed by atoms with Gasteiger partial charge in [-0.15, -0.1) is 11.3 Å². The monoisotopic (exact) mass is 391 g/mol. The lowest BCUT2D eigenvalue weighted by atomic mass is 10.3. The van der Waals surface area contributed by atoms with Crippen LogP contribution in [0.2, 0.25) is 0 Å². The fraction of sp³-hybridized carbons (Fsp3) is 0.0667. The van der Waals surface area contributed by atoms with Crippen molar-refractivity contribution < 1.29 is 4.21 Å². The summed E-state index contributed by atoms with van der Waals surface area (Å²) < 4.78 is 14.7. The summed E-state index contributed by atoms with van der Waals surface area (Å²) >= 11 is 5.13. The Bertz CT molecular complexity index is 975. The summed E-state index contributed by atoms with van der Waals surface area (Å²) in [6, 6.07) is 9.64. The van der Waals surface area contributed by atoms with Gasteiger partial charge in [0.15, 0.2) is 5.16 Å². The number of hydrogen-bond acceptors (Lipinski definition) is 4. The number of halogens is 1. The third kappa shape index (κ3) is 2.39. The van der Waals surface area contributed by atoms with Crippen LogP contribution in [-0.2, 0) is 16.6 Å². The number of benzene rings is 1. The van der Waals surface area contributed by atoms with Crippen LogP contribution in [0, 0.1) is 0 Å². The summed E-state index contributed by atoms with van der Waals surface area (Å²) in [5.41, 5.74) is 2.57. The lowest BCUT2D eigenvalue weighted by molar-refractivity contribution is 0.677. The minimum Gasteiger partial charge on any atom is -0.331 e. The van der Waals surface area contributed by atoms with Crippen molar-refractivity contribution in [2.45, 2.75) is 10.9 Å². The van der Waals surface area contributed by atoms with Crippen molar-refractivity contribution in [3.05, 3.63) is 52.1 Å². The van der Waals surface area contributed by atoms with E-state index in [4.69, 9.17) is 0 Å². The van der Waals surface area contributed by atoms with Gasteiger partial charge in [-0.2, -0.15) is 0 Å². The zero-order valence-corrected chi connectivity index (χ0v) is 14.5. The Morgan fingerprint density at radius 1 is 1.27 bits per heavy atom. The molecule has 3 heterocycles. The summed E-state index contributed by atoms with van der Waals surface area (Å²) in [6.07, 6.45) is 1.75. The largest absolute Gasteiger partial charge is 0.331 e. The van der Waals surface area contributed by atoms with Gasteiger partial charge in [-0.25, -0.2) is 4.98 Å². The second-order valence-corrected chi connectivity index (χ2v) is 7.87. The molecule has 4 rings (SSSR count). The number of hydrogen-bond donors (Lipinski definition) is 1. The number of H-pyrrole nitrogens is 1. The Kier molecular flexibility index (Phi) is 3.56. The van der Waals surface area contributed by atoms with Gasteiger partial charge in [0.25, 0.3) is 0 Å². The van der Waals surface area contributed by atoms with Gasteiger partial charge in [-0.05, 0) is 34.1 Å². The standard InChI is InChI=1S/C15H10BrN3OS2/c16-10-7-21-14-9(10)5-6-17-13(14)8-22(20)15-18-11-3-1-2-4-12(11)19-15/h1-7H,8H2,(H,18,19). The van der Waals surface area contributed by atoms with E-state index in [-0.39, 0.29) is 0 Å². The Labute approximate surface area is 141 Å². The molecule has 4 nitrogen and oxygen atoms in total. The molecular weight excluding hydrogens is 382 g/mol. The summed E-state index contributed by atoms with van der Waals surface area (Å²) in [7, 11) is -1.25. The summed E-state index contributed by atoms with van der Waals surface area (Å²) in [5.74, 6) is 0.351. The quantitative estimate of drug-likeness (QED) is 0.567. The minimum atomic E-state index is -1.25. The van der Waals surface area contributed by atoms with Gasteiger partial charge in [-0.3, -0.25) is 9.19 Å². The maximum Gasteiger partial charge on any atom is 0.197 e. The number of thiophene rings is 1. The summed E-state index contributed by atoms with van der Waals surface area (Å²) in [6.45, 7) is 0. The van der Waals surface area contributed by atoms with E-state index in [1.807, 2.05) is 35.7 Å². The molecule has 0 aliphatic carbocycles. The van der Waals surface area contributed by atoms with Crippen molar-refractivity contribution in [1.82, 2.24) is 15.0 Å². The summed E-state index contributed by atoms with van der Waals surface area (Å²) in [5, 5.41) is 3.63. The number of imidazole rings is 1. The molecule has 1 unspecified atom stereocenters. The van der Waals surface area contributed by atoms with Crippen molar-refractivity contribution in [2.24, 2.45) is 0 Å². The number of aromatic amines is 1. The van der Waals surface area contributed by atoms with Crippen molar-refractivity contribution in [3.63, 3.8) is 0 Å². The molecule has 0 aliphatic rings. The van der Waals surface area contributed by atoms with Crippen molar-refractivity contribution in [2.75, 3.05) is 0 Å². The molecule has 22 heavy (non-hydrogen) atoms. The van der Waals surface area contributed by atoms with E-state index in [0.717, 1.165) is 31.3 Å². The van der Waals surface area contributed by atoms with E-state index >= 15 is 0 Å². The first-order valence-corrected chi connectivity index (χ1v) is 9.55. The third-order valence-corrected chi connectivity index (χ3v) is 6.53. The van der Waals surface area contributed by atoms with Crippen LogP contribution in [0.3, 0.4) is 0 Å². The molecular formula is C15H10BrN3OS2. The number of nitrogens with zero attached hydrogens (tertiary/aromatic N) is 2. The van der Waals surface area contributed by atoms with Crippen molar-refractivity contribution in [3.8, 4) is 0 Å². The number of nitrogens with one attached hydrogen (secondary N) is 1. The highest BCUT2D eigenvalue weighted by molar-refractivity contribution is 9.10. The van der Waals surface area contributed by atoms with E-state index in [2.05, 4.69) is 30.9 Å². The van der Waals surface area contributed by atoms with Crippen LogP contribution in [0.5, 0.6) is 0 Å². The van der Waals surface area contributed by atoms with E-state index in [1.54, 1.807) is 17.5 Å². The molecule has 0 saturated heterocycles. The third-order valence-electron chi connectivity index (χ3n) is 3.37. The highest BCUT2D eigenvalue weighted by atomic mass is 79.9. The molecule has 0 amide bonds. The van der Waals surface area contributed by atoms with E-state index in [1.165, 1.54) is 0 Å². The van der Waals surface area contributed by atoms with Crippen LogP contribution in [-0.4, -0.2) is 19.2 Å². The van der Waals surface area contributed by atoms with Crippen LogP contribution in [0.4, 0.5) is 0 Å². The molecule has 0 aliphatic heterocycles. The molecule has 0 saturated carbocycles. The highest BCUT2D eigenvalue weighted by Crippen LogP contribution is 2.32. The predicted molar refractivity (Wildman–Crippen MR) is 93.5 cm³/mol. The number of aromatic nitrogens is 3. The minimum absolute atomic E-state index is 0.351. The molecule has 3 aromatic heterocycles. The molecule has 0 radical (unpaired) electrons. The molecule has 0 bridgehead atoms. The number of fused-ring (bicyclic) bond motifs is 2. The first kappa shape index (κ1) is 14.0. The Morgan fingerprint density at radius 3 is 3.00 bits per heavy atom. The number of rotatable bonds is 3. The topological polar surface area (TPSA) is 58.6 Å². The average Bonchev–Trinajstić information content (AvgIpc) is 3.12. The van der Waals surface area contributed by atoms with E-state index in [0.29, 0.717) is 10.9 Å². The van der Waals surface area contributed by atoms with Gasteiger partial charge in [-0.1, -0.05) is 12.1 Å². The van der Waals surface area contributed by atoms with Crippen LogP contribution in [0.25, 0.3) is 21.1 Å². The van der Waals surface area contributed by atoms with Gasteiger partial charge in [0.1, 0.15) is 0 Å². The first-order chi connectivity index (χ1) is 10.7. The molecule has 1 atom stereocenters. The fourth-order valence-electron chi connectivity index (χ4n) is 2.32. The van der Waals surface area contributed by atoms with Gasteiger partial charge < -0.3 is 4.98 Å². The van der Waals surface area contributed by atoms with E-state index in [9.17, 15) is 4.21 Å². The second kappa shape index (κ2) is 5.57. The second-order valence-electron chi connectivity index (χ2n) is 4.77. The number of para-hydroxylation sites is 2. The molecule has 4 aromatic rings. The molecule has 0 spiro atoms. The maximum absolute atomic E-state index is 12.6. The zero-order chi connectivity index (χ0) is 15.1. The average molecular weight is 392 g/mol. The van der Waals surface area contributed by atoms with E-state index < -0.39 is 10.8 Å². The number of pyridine rings is 1. The Balaban J connectivity index is 1.71. The van der Waals surface area contributed by atoms with Crippen molar-refractivity contribution >= 4 is 59.2 Å². The molecule has 0 fully saturated rings. The van der Waals surface area contributed by atoms with Crippen LogP contribution in [0.15, 0.2) is 51.5 Å². The predicted octanol–water partition coefficient (Wildman–Crippen LogP) is 4.24. The molecule has 7 heteroatoms. The summed E-state index contributed by atoms with van der Waals surface area (Å²) in [4.78, 5) is 11.9. The first-order valence-electron chi connectivity index (χ1n) is 6.56. The zero-order valence-electron chi connectivity index (χ0n) is 11.2. The smallest absolute Gasteiger partial charge is 0.197 e. The lowest BCUT2D eigenvalue weighted by Crippen LogP contribution is -2.00. The van der Waals surface area contributed by atoms with Crippen molar-refractivity contribution in [1.29, 1.82) is 0 Å². The normalized spacial score (nSPS) is 13.0. The SMILES string of the molecule is O=S(Cc1nccc2c(Br)csc12)c1nc2ccccc2[nH]1.